The Bertz CT molecular complexity index is 1080. The molecule has 206 valence electrons. The number of likely N-dealkylation sites (tertiary alicyclic amines) is 1. The van der Waals surface area contributed by atoms with Crippen molar-refractivity contribution in [1.82, 2.24) is 15.2 Å². The lowest BCUT2D eigenvalue weighted by Crippen LogP contribution is -2.65. The fraction of sp³-hybridized carbons (Fsp3) is 0.680. The molecule has 9 atom stereocenters. The van der Waals surface area contributed by atoms with Gasteiger partial charge in [-0.05, 0) is 50.3 Å². The Hall–Kier alpha value is -0.630. The van der Waals surface area contributed by atoms with E-state index < -0.39 is 35.9 Å². The van der Waals surface area contributed by atoms with Gasteiger partial charge < -0.3 is 25.4 Å². The zero-order chi connectivity index (χ0) is 26.9. The second-order valence-electron chi connectivity index (χ2n) is 9.97. The lowest BCUT2D eigenvalue weighted by molar-refractivity contribution is -0.205. The van der Waals surface area contributed by atoms with E-state index in [-0.39, 0.29) is 17.2 Å². The molecule has 1 aromatic carbocycles. The Morgan fingerprint density at radius 3 is 2.78 bits per heavy atom. The van der Waals surface area contributed by atoms with Gasteiger partial charge in [0.2, 0.25) is 5.91 Å². The van der Waals surface area contributed by atoms with Gasteiger partial charge in [-0.15, -0.1) is 23.1 Å². The Kier molecular flexibility index (Phi) is 10.1. The summed E-state index contributed by atoms with van der Waals surface area (Å²) in [6, 6.07) is 4.67. The topological polar surface area (TPSA) is 115 Å². The van der Waals surface area contributed by atoms with E-state index in [1.54, 1.807) is 6.26 Å². The lowest BCUT2D eigenvalue weighted by Gasteiger charge is -2.44. The summed E-state index contributed by atoms with van der Waals surface area (Å²) in [5.41, 5.74) is 0.0740. The predicted octanol–water partition coefficient (Wildman–Crippen LogP) is 3.21. The largest absolute Gasteiger partial charge is 0.388 e. The molecule has 1 amide bonds. The quantitative estimate of drug-likeness (QED) is 0.327. The van der Waals surface area contributed by atoms with Gasteiger partial charge in [-0.1, -0.05) is 43.6 Å². The molecule has 2 aromatic rings. The number of halogens is 1. The highest BCUT2D eigenvalue weighted by molar-refractivity contribution is 8.01. The van der Waals surface area contributed by atoms with Crippen molar-refractivity contribution in [2.24, 2.45) is 5.92 Å². The normalized spacial score (nSPS) is 32.5. The summed E-state index contributed by atoms with van der Waals surface area (Å²) in [5, 5.41) is 35.4. The van der Waals surface area contributed by atoms with Crippen LogP contribution >= 0.6 is 46.5 Å². The van der Waals surface area contributed by atoms with E-state index in [1.807, 2.05) is 32.2 Å². The Morgan fingerprint density at radius 2 is 2.08 bits per heavy atom. The van der Waals surface area contributed by atoms with Gasteiger partial charge in [0.1, 0.15) is 29.9 Å². The van der Waals surface area contributed by atoms with E-state index in [2.05, 4.69) is 17.1 Å². The monoisotopic (exact) mass is 589 g/mol. The molecule has 12 heteroatoms. The fourth-order valence-corrected chi connectivity index (χ4v) is 8.56. The van der Waals surface area contributed by atoms with Gasteiger partial charge in [-0.3, -0.25) is 9.69 Å². The first-order valence-electron chi connectivity index (χ1n) is 12.6. The van der Waals surface area contributed by atoms with Crippen molar-refractivity contribution >= 4 is 62.6 Å². The van der Waals surface area contributed by atoms with Gasteiger partial charge in [0.15, 0.2) is 4.34 Å². The molecule has 37 heavy (non-hydrogen) atoms. The number of ether oxygens (including phenoxy) is 1. The average Bonchev–Trinajstić information content (AvgIpc) is 3.43. The highest BCUT2D eigenvalue weighted by Crippen LogP contribution is 2.37. The number of aliphatic hydroxyl groups is 3. The first-order valence-corrected chi connectivity index (χ1v) is 15.9. The van der Waals surface area contributed by atoms with Gasteiger partial charge in [0, 0.05) is 16.8 Å². The van der Waals surface area contributed by atoms with Crippen LogP contribution in [0.15, 0.2) is 22.5 Å². The maximum Gasteiger partial charge on any atom is 0.237 e. The summed E-state index contributed by atoms with van der Waals surface area (Å²) in [4.78, 5) is 20.3. The molecule has 2 fully saturated rings. The number of fused-ring (bicyclic) bond motifs is 1. The van der Waals surface area contributed by atoms with E-state index in [1.165, 1.54) is 34.9 Å². The van der Waals surface area contributed by atoms with Crippen molar-refractivity contribution in [2.45, 2.75) is 84.6 Å². The van der Waals surface area contributed by atoms with Gasteiger partial charge >= 0.3 is 0 Å². The van der Waals surface area contributed by atoms with Crippen molar-refractivity contribution in [3.63, 3.8) is 0 Å². The zero-order valence-electron chi connectivity index (χ0n) is 21.4. The molecular weight excluding hydrogens is 554 g/mol. The van der Waals surface area contributed by atoms with Crippen LogP contribution in [0, 0.1) is 5.92 Å². The molecule has 1 aromatic heterocycles. The summed E-state index contributed by atoms with van der Waals surface area (Å²) in [5.74, 6) is 0.353. The first-order chi connectivity index (χ1) is 17.6. The second-order valence-corrected chi connectivity index (χ2v) is 14.0. The summed E-state index contributed by atoms with van der Waals surface area (Å²) in [6.07, 6.45) is -0.185. The maximum absolute atomic E-state index is 13.6. The summed E-state index contributed by atoms with van der Waals surface area (Å²) in [6.45, 7) is 4.98. The van der Waals surface area contributed by atoms with Crippen LogP contribution in [0.3, 0.4) is 0 Å². The molecule has 2 aliphatic heterocycles. The van der Waals surface area contributed by atoms with Crippen LogP contribution in [0.1, 0.15) is 33.1 Å². The molecule has 0 bridgehead atoms. The van der Waals surface area contributed by atoms with Crippen LogP contribution in [0.4, 0.5) is 0 Å². The van der Waals surface area contributed by atoms with Gasteiger partial charge in [-0.25, -0.2) is 4.98 Å². The third-order valence-electron chi connectivity index (χ3n) is 7.26. The number of hydrogen-bond donors (Lipinski definition) is 4. The molecular formula is C25H36ClN3O5S3. The zero-order valence-corrected chi connectivity index (χ0v) is 24.6. The van der Waals surface area contributed by atoms with Crippen LogP contribution in [0.5, 0.6) is 0 Å². The van der Waals surface area contributed by atoms with Crippen LogP contribution < -0.4 is 5.32 Å². The second kappa shape index (κ2) is 12.7. The highest BCUT2D eigenvalue weighted by atomic mass is 35.5. The highest BCUT2D eigenvalue weighted by Gasteiger charge is 2.49. The minimum Gasteiger partial charge on any atom is -0.388 e. The molecule has 0 saturated carbocycles. The first kappa shape index (κ1) is 29.4. The molecule has 0 aliphatic carbocycles. The number of rotatable bonds is 9. The molecule has 0 radical (unpaired) electrons. The van der Waals surface area contributed by atoms with Crippen LogP contribution in [-0.4, -0.2) is 98.1 Å². The Labute approximate surface area is 235 Å². The number of hydrogen-bond acceptors (Lipinski definition) is 10. The molecule has 8 nitrogen and oxygen atoms in total. The smallest absolute Gasteiger partial charge is 0.237 e. The van der Waals surface area contributed by atoms with Crippen LogP contribution in [0.25, 0.3) is 10.2 Å². The number of nitrogens with zero attached hydrogens (tertiary/aromatic N) is 2. The Morgan fingerprint density at radius 1 is 1.32 bits per heavy atom. The molecule has 4 unspecified atom stereocenters. The van der Waals surface area contributed by atoms with E-state index in [0.717, 1.165) is 40.4 Å². The maximum atomic E-state index is 13.6. The van der Waals surface area contributed by atoms with Crippen molar-refractivity contribution in [1.29, 1.82) is 0 Å². The number of nitrogens with one attached hydrogen (secondary N) is 1. The number of thiazole rings is 1. The molecule has 3 heterocycles. The fourth-order valence-electron chi connectivity index (χ4n) is 5.28. The molecule has 2 aliphatic rings. The van der Waals surface area contributed by atoms with Crippen LogP contribution in [-0.2, 0) is 9.53 Å². The number of aromatic nitrogens is 1. The van der Waals surface area contributed by atoms with E-state index >= 15 is 0 Å². The number of likely N-dealkylation sites (N-methyl/N-ethyl adjacent to an activating group) is 1. The van der Waals surface area contributed by atoms with Crippen LogP contribution in [0.2, 0.25) is 5.02 Å². The van der Waals surface area contributed by atoms with Crippen molar-refractivity contribution in [2.75, 3.05) is 19.8 Å². The predicted molar refractivity (Wildman–Crippen MR) is 152 cm³/mol. The van der Waals surface area contributed by atoms with E-state index in [9.17, 15) is 20.1 Å². The number of amides is 1. The third-order valence-corrected chi connectivity index (χ3v) is 10.7. The standard InChI is InChI=1S/C25H36ClN3O5S3/c1-5-6-13-9-16(29(3)11-13)23(33)28-18(22-20(31)19(30)21(32)24(34-22)35-4)12(2)36-25-27-15-10-14(26)7-8-17(15)37-25/h7-8,10,12-13,16,18-22,24,30-32H,5-6,9,11H2,1-4H3,(H,28,33)/t12-,13-,16-,18+,19?,20?,21+,22?,24?/m1/s1. The van der Waals surface area contributed by atoms with Gasteiger partial charge in [-0.2, -0.15) is 0 Å². The van der Waals surface area contributed by atoms with Crippen molar-refractivity contribution in [3.8, 4) is 0 Å². The number of carbonyl (C=O) groups excluding carboxylic acids is 1. The lowest BCUT2D eigenvalue weighted by atomic mass is 9.92. The minimum atomic E-state index is -1.39. The molecule has 4 rings (SSSR count). The third kappa shape index (κ3) is 6.58. The average molecular weight is 590 g/mol. The molecule has 0 spiro atoms. The van der Waals surface area contributed by atoms with E-state index in [4.69, 9.17) is 21.3 Å². The SMILES string of the molecule is CCC[C@@H]1C[C@H](C(=O)N[C@H](C2OC(SC)[C@@H](O)C(O)C2O)[C@@H](C)Sc2nc3cc(Cl)ccc3s2)N(C)C1. The van der Waals surface area contributed by atoms with Crippen molar-refractivity contribution < 1.29 is 24.9 Å². The molecule has 4 N–H and O–H groups in total. The minimum absolute atomic E-state index is 0.119. The summed E-state index contributed by atoms with van der Waals surface area (Å²) in [7, 11) is 1.97. The van der Waals surface area contributed by atoms with Crippen molar-refractivity contribution in [3.05, 3.63) is 23.2 Å². The number of aliphatic hydroxyl groups excluding tert-OH is 3. The number of carbonyl (C=O) groups is 1. The van der Waals surface area contributed by atoms with Gasteiger partial charge in [0.25, 0.3) is 0 Å². The summed E-state index contributed by atoms with van der Waals surface area (Å²) < 4.78 is 7.91. The number of benzene rings is 1. The van der Waals surface area contributed by atoms with E-state index in [0.29, 0.717) is 10.9 Å². The molecule has 2 saturated heterocycles. The Balaban J connectivity index is 1.58. The van der Waals surface area contributed by atoms with Gasteiger partial charge in [0.05, 0.1) is 22.3 Å². The number of thioether (sulfide) groups is 2. The summed E-state index contributed by atoms with van der Waals surface area (Å²) >= 11 is 10.4.